The Balaban J connectivity index is 1.35. The van der Waals surface area contributed by atoms with Crippen LogP contribution >= 0.6 is 33.3 Å². The number of nitrogens with zero attached hydrogens (tertiary/aromatic N) is 1. The average Bonchev–Trinajstić information content (AvgIpc) is 0.850. The number of aryl methyl sites for hydroxylation is 1. The Morgan fingerprint density at radius 2 is 1.04 bits per heavy atom. The molecule has 1 aromatic carbocycles. The number of ether oxygens (including phenoxy) is 9. The van der Waals surface area contributed by atoms with Crippen molar-refractivity contribution >= 4 is 121 Å². The molecule has 0 aliphatic carbocycles. The van der Waals surface area contributed by atoms with Gasteiger partial charge in [-0.05, 0) is 44.9 Å². The topological polar surface area (TPSA) is 397 Å². The molecule has 526 valence electrons. The predicted octanol–water partition coefficient (Wildman–Crippen LogP) is -0.0828. The number of ketones is 6. The number of anilines is 1. The number of hydrogen-bond acceptors (Lipinski definition) is 26. The maximum atomic E-state index is 13.5. The summed E-state index contributed by atoms with van der Waals surface area (Å²) in [5, 5.41) is 15.0. The summed E-state index contributed by atoms with van der Waals surface area (Å²) in [5.74, 6) is -7.92. The first-order valence-corrected chi connectivity index (χ1v) is 34.3. The van der Waals surface area contributed by atoms with Crippen LogP contribution in [0.15, 0.2) is 24.3 Å². The molecule has 3 rings (SSSR count). The number of likely N-dealkylation sites (tertiary alicyclic amines) is 1. The minimum Gasteiger partial charge on any atom is -0.379 e. The van der Waals surface area contributed by atoms with E-state index in [0.717, 1.165) is 43.0 Å². The van der Waals surface area contributed by atoms with E-state index in [1.54, 1.807) is 45.9 Å². The Kier molecular flexibility index (Phi) is 42.4. The van der Waals surface area contributed by atoms with Crippen molar-refractivity contribution < 1.29 is 110 Å². The molecule has 33 heteroatoms. The maximum absolute atomic E-state index is 13.5. The number of rotatable bonds is 58. The molecule has 2 saturated heterocycles. The van der Waals surface area contributed by atoms with Crippen LogP contribution in [0.5, 0.6) is 0 Å². The third kappa shape index (κ3) is 34.5. The number of amides is 8. The zero-order chi connectivity index (χ0) is 68.9. The summed E-state index contributed by atoms with van der Waals surface area (Å²) in [6.45, 7) is 5.68. The first kappa shape index (κ1) is 82.1. The third-order valence-electron chi connectivity index (χ3n) is 13.9. The first-order chi connectivity index (χ1) is 45.2. The number of thioether (sulfide) groups is 1. The Bertz CT molecular complexity index is 2600. The molecular weight excluding hydrogens is 1290 g/mol. The monoisotopic (exact) mass is 1390 g/mol. The predicted molar refractivity (Wildman–Crippen MR) is 344 cm³/mol. The highest BCUT2D eigenvalue weighted by atomic mass is 33.2. The van der Waals surface area contributed by atoms with E-state index in [1.165, 1.54) is 7.05 Å². The van der Waals surface area contributed by atoms with Gasteiger partial charge < -0.3 is 74.5 Å². The fourth-order valence-corrected chi connectivity index (χ4v) is 11.3. The molecule has 2 atom stereocenters. The van der Waals surface area contributed by atoms with Gasteiger partial charge in [0, 0.05) is 103 Å². The van der Waals surface area contributed by atoms with Crippen molar-refractivity contribution in [2.24, 2.45) is 11.3 Å². The zero-order valence-corrected chi connectivity index (χ0v) is 56.4. The lowest BCUT2D eigenvalue weighted by Gasteiger charge is -2.23. The highest BCUT2D eigenvalue weighted by Gasteiger charge is 2.51. The van der Waals surface area contributed by atoms with E-state index in [4.69, 9.17) is 42.6 Å². The van der Waals surface area contributed by atoms with Crippen LogP contribution in [0.3, 0.4) is 0 Å². The Labute approximate surface area is 559 Å². The van der Waals surface area contributed by atoms with Crippen LogP contribution in [-0.4, -0.2) is 261 Å². The molecule has 8 amide bonds. The van der Waals surface area contributed by atoms with Crippen molar-refractivity contribution in [3.63, 3.8) is 0 Å². The molecule has 6 N–H and O–H groups in total. The lowest BCUT2D eigenvalue weighted by atomic mass is 9.72. The minimum absolute atomic E-state index is 0.0310. The molecule has 30 nitrogen and oxygen atoms in total. The molecular formula is C61H91N7O23S3. The first-order valence-electron chi connectivity index (χ1n) is 30.9. The Morgan fingerprint density at radius 3 is 1.59 bits per heavy atom. The molecule has 0 bridgehead atoms. The fraction of sp³-hybridized carbons (Fsp3) is 0.672. The van der Waals surface area contributed by atoms with Gasteiger partial charge in [-0.3, -0.25) is 72.0 Å². The van der Waals surface area contributed by atoms with Crippen LogP contribution in [-0.2, 0) is 116 Å². The van der Waals surface area contributed by atoms with Gasteiger partial charge in [-0.15, -0.1) is 11.8 Å². The van der Waals surface area contributed by atoms with Gasteiger partial charge in [-0.1, -0.05) is 33.7 Å². The molecule has 94 heavy (non-hydrogen) atoms. The maximum Gasteiger partial charge on any atom is 0.250 e. The van der Waals surface area contributed by atoms with Crippen molar-refractivity contribution in [1.82, 2.24) is 31.5 Å². The van der Waals surface area contributed by atoms with Crippen molar-refractivity contribution in [1.29, 1.82) is 0 Å². The smallest absolute Gasteiger partial charge is 0.250 e. The van der Waals surface area contributed by atoms with E-state index >= 15 is 0 Å². The van der Waals surface area contributed by atoms with Gasteiger partial charge in [0.15, 0.2) is 28.9 Å². The molecule has 2 aliphatic rings. The molecule has 0 spiro atoms. The molecule has 2 heterocycles. The van der Waals surface area contributed by atoms with Gasteiger partial charge in [-0.25, -0.2) is 0 Å². The molecule has 0 aromatic heterocycles. The fourth-order valence-electron chi connectivity index (χ4n) is 8.82. The number of imide groups is 1. The minimum atomic E-state index is -2.32. The number of nitrogens with one attached hydrogen (secondary N) is 6. The number of Topliss-reactive ketones (excluding diaryl/α,β-unsaturated/α-hetero) is 6. The van der Waals surface area contributed by atoms with E-state index in [2.05, 4.69) is 31.9 Å². The van der Waals surface area contributed by atoms with Crippen LogP contribution in [0.4, 0.5) is 5.69 Å². The second-order valence-electron chi connectivity index (χ2n) is 21.1. The van der Waals surface area contributed by atoms with Gasteiger partial charge in [0.1, 0.15) is 23.6 Å². The summed E-state index contributed by atoms with van der Waals surface area (Å²) < 4.78 is 49.0. The van der Waals surface area contributed by atoms with Crippen LogP contribution in [0, 0.1) is 11.3 Å². The molecule has 2 fully saturated rings. The molecule has 0 radical (unpaired) electrons. The summed E-state index contributed by atoms with van der Waals surface area (Å²) >= 11 is 1.11. The van der Waals surface area contributed by atoms with Crippen LogP contribution in [0.2, 0.25) is 0 Å². The summed E-state index contributed by atoms with van der Waals surface area (Å²) in [4.78, 5) is 176. The largest absolute Gasteiger partial charge is 0.379 e. The third-order valence-corrected chi connectivity index (χ3v) is 17.2. The highest BCUT2D eigenvalue weighted by Crippen LogP contribution is 2.53. The van der Waals surface area contributed by atoms with E-state index in [0.29, 0.717) is 58.2 Å². The number of carbonyl (C=O) groups excluding carboxylic acids is 14. The van der Waals surface area contributed by atoms with Gasteiger partial charge in [0.25, 0.3) is 0 Å². The van der Waals surface area contributed by atoms with Gasteiger partial charge in [0.05, 0.1) is 117 Å². The van der Waals surface area contributed by atoms with Gasteiger partial charge in [0.2, 0.25) is 52.7 Å². The van der Waals surface area contributed by atoms with Crippen molar-refractivity contribution in [3.05, 3.63) is 29.8 Å². The van der Waals surface area contributed by atoms with Crippen molar-refractivity contribution in [2.75, 3.05) is 170 Å². The van der Waals surface area contributed by atoms with E-state index in [9.17, 15) is 67.1 Å². The molecule has 2 aliphatic heterocycles. The second-order valence-corrected chi connectivity index (χ2v) is 25.2. The lowest BCUT2D eigenvalue weighted by Crippen LogP contribution is -2.50. The Morgan fingerprint density at radius 1 is 0.543 bits per heavy atom. The zero-order valence-electron chi connectivity index (χ0n) is 53.9. The van der Waals surface area contributed by atoms with Crippen molar-refractivity contribution in [2.45, 2.75) is 88.4 Å². The number of hydrogen-bond donors (Lipinski definition) is 6. The van der Waals surface area contributed by atoms with E-state index in [-0.39, 0.29) is 183 Å². The molecule has 0 saturated carbocycles. The summed E-state index contributed by atoms with van der Waals surface area (Å²) in [7, 11) is 4.64. The second kappa shape index (κ2) is 48.6. The van der Waals surface area contributed by atoms with Crippen LogP contribution in [0.1, 0.15) is 77.7 Å². The normalized spacial score (nSPS) is 14.0. The van der Waals surface area contributed by atoms with E-state index in [1.807, 2.05) is 0 Å². The van der Waals surface area contributed by atoms with Crippen molar-refractivity contribution in [3.8, 4) is 0 Å². The standard InChI is InChI=1S/C61H91N7O23S3/c1-42(69)61(43(2)70,44(3)71)51(74)14-21-84-25-29-88-33-35-90-31-27-86-23-18-65-58(81)46(39-66-55(78)40-91-41-56(79)67-47-8-5-45(6-9-47)7-10-53(76)63-16-11-52(75)62-4)37-48(72)15-36-92-50-38-57(80)68(59(50)82)19-12-54(77)64-17-22-85-26-30-89-34-32-87-28-24-83-20-13-49(73)60-93-94-60/h5-6,8-9,46,50,60H,7,10-41H2,1-4H3,(H,62,75)(H,63,76)(H,64,77)(H,65,81)(H,66,78)(H,67,79). The number of carbonyl (C=O) groups is 14. The SMILES string of the molecule is CNC(=O)CCNC(=O)CCc1ccc(NC(=O)COCC(=O)NCC(CC(=O)CCSC2CC(=O)N(CCC(=O)NCCOCCOCCOCCOCCC(=O)C3SS3)C2=O)C(=O)NCCOCCOCCOCCOCCC(=O)C(C(C)=O)(C(C)=O)C(C)=O)cc1. The summed E-state index contributed by atoms with van der Waals surface area (Å²) in [6, 6.07) is 6.77. The molecule has 1 aromatic rings. The van der Waals surface area contributed by atoms with Gasteiger partial charge in [-0.2, -0.15) is 0 Å². The van der Waals surface area contributed by atoms with Gasteiger partial charge >= 0.3 is 0 Å². The number of benzene rings is 1. The highest BCUT2D eigenvalue weighted by molar-refractivity contribution is 8.93. The summed E-state index contributed by atoms with van der Waals surface area (Å²) in [6.07, 6.45) is 0.265. The summed E-state index contributed by atoms with van der Waals surface area (Å²) in [5.41, 5.74) is -1.04. The average molecular weight is 1390 g/mol. The Hall–Kier alpha value is -6.11. The lowest BCUT2D eigenvalue weighted by molar-refractivity contribution is -0.154. The molecule has 2 unspecified atom stereocenters. The van der Waals surface area contributed by atoms with E-state index < -0.39 is 82.5 Å². The van der Waals surface area contributed by atoms with Crippen LogP contribution in [0.25, 0.3) is 0 Å². The quantitative estimate of drug-likeness (QED) is 0.0163. The van der Waals surface area contributed by atoms with Crippen LogP contribution < -0.4 is 31.9 Å².